The van der Waals surface area contributed by atoms with E-state index in [9.17, 15) is 0 Å². The van der Waals surface area contributed by atoms with Gasteiger partial charge in [-0.2, -0.15) is 0 Å². The number of hydrogen-bond donors (Lipinski definition) is 0. The largest absolute Gasteiger partial charge is 0.490 e. The molecule has 0 saturated heterocycles. The lowest BCUT2D eigenvalue weighted by Gasteiger charge is -2.20. The Hall–Kier alpha value is -2.36. The van der Waals surface area contributed by atoms with Gasteiger partial charge in [0.05, 0.1) is 6.61 Å². The van der Waals surface area contributed by atoms with Crippen LogP contribution >= 0.6 is 0 Å². The Labute approximate surface area is 151 Å². The third kappa shape index (κ3) is 7.38. The average molecular weight is 337 g/mol. The first-order valence-electron chi connectivity index (χ1n) is 8.57. The summed E-state index contributed by atoms with van der Waals surface area (Å²) in [6.07, 6.45) is 6.11. The highest BCUT2D eigenvalue weighted by Crippen LogP contribution is 2.14. The average Bonchev–Trinajstić information content (AvgIpc) is 2.66. The smallest absolute Gasteiger partial charge is 0.119 e. The maximum Gasteiger partial charge on any atom is 0.119 e. The second-order valence-electron chi connectivity index (χ2n) is 5.78. The molecule has 0 amide bonds. The van der Waals surface area contributed by atoms with Gasteiger partial charge < -0.3 is 9.47 Å². The first-order valence-corrected chi connectivity index (χ1v) is 8.57. The van der Waals surface area contributed by atoms with Crippen molar-refractivity contribution in [3.63, 3.8) is 0 Å². The first-order chi connectivity index (χ1) is 12.3. The van der Waals surface area contributed by atoms with Crippen molar-refractivity contribution in [1.29, 1.82) is 0 Å². The van der Waals surface area contributed by atoms with E-state index in [0.717, 1.165) is 32.0 Å². The van der Waals surface area contributed by atoms with Crippen molar-refractivity contribution in [1.82, 2.24) is 4.90 Å². The first kappa shape index (κ1) is 19.0. The Bertz CT molecular complexity index is 635. The second kappa shape index (κ2) is 11.2. The molecular formula is C22H27NO2. The Morgan fingerprint density at radius 1 is 1.04 bits per heavy atom. The molecule has 0 N–H and O–H groups in total. The van der Waals surface area contributed by atoms with Crippen LogP contribution in [0.15, 0.2) is 73.3 Å². The second-order valence-corrected chi connectivity index (χ2v) is 5.78. The van der Waals surface area contributed by atoms with Crippen molar-refractivity contribution in [2.75, 3.05) is 33.4 Å². The van der Waals surface area contributed by atoms with Crippen molar-refractivity contribution in [3.05, 3.63) is 84.5 Å². The molecule has 0 aromatic heterocycles. The topological polar surface area (TPSA) is 21.7 Å². The van der Waals surface area contributed by atoms with Gasteiger partial charge >= 0.3 is 0 Å². The van der Waals surface area contributed by atoms with Crippen molar-refractivity contribution < 1.29 is 9.47 Å². The summed E-state index contributed by atoms with van der Waals surface area (Å²) in [5, 5.41) is 0. The van der Waals surface area contributed by atoms with Crippen LogP contribution in [0.3, 0.4) is 0 Å². The number of ether oxygens (including phenoxy) is 2. The summed E-state index contributed by atoms with van der Waals surface area (Å²) < 4.78 is 10.8. The van der Waals surface area contributed by atoms with Gasteiger partial charge in [-0.25, -0.2) is 0 Å². The zero-order valence-corrected chi connectivity index (χ0v) is 14.9. The monoisotopic (exact) mass is 337 g/mol. The summed E-state index contributed by atoms with van der Waals surface area (Å²) in [6.45, 7) is 7.57. The predicted molar refractivity (Wildman–Crippen MR) is 105 cm³/mol. The summed E-state index contributed by atoms with van der Waals surface area (Å²) in [7, 11) is 1.74. The standard InChI is InChI=1S/C22H27NO2/c1-3-17-25-22-13-11-21(12-14-22)19-23(16-18-24-2)15-7-10-20-8-5-4-6-9-20/h3-14H,1,15-19H2,2H3/b10-7+. The summed E-state index contributed by atoms with van der Waals surface area (Å²) in [4.78, 5) is 2.36. The molecule has 3 heteroatoms. The molecule has 3 nitrogen and oxygen atoms in total. The van der Waals surface area contributed by atoms with Gasteiger partial charge in [-0.1, -0.05) is 67.3 Å². The SMILES string of the molecule is C=CCOc1ccc(CN(C/C=C/c2ccccc2)CCOC)cc1. The van der Waals surface area contributed by atoms with E-state index in [4.69, 9.17) is 9.47 Å². The summed E-state index contributed by atoms with van der Waals surface area (Å²) in [5.41, 5.74) is 2.48. The summed E-state index contributed by atoms with van der Waals surface area (Å²) in [6, 6.07) is 18.6. The molecule has 0 heterocycles. The van der Waals surface area contributed by atoms with Crippen LogP contribution in [-0.2, 0) is 11.3 Å². The lowest BCUT2D eigenvalue weighted by molar-refractivity contribution is 0.151. The number of hydrogen-bond acceptors (Lipinski definition) is 3. The molecule has 132 valence electrons. The lowest BCUT2D eigenvalue weighted by Crippen LogP contribution is -2.27. The Balaban J connectivity index is 1.92. The molecule has 0 spiro atoms. The van der Waals surface area contributed by atoms with Gasteiger partial charge in [-0.3, -0.25) is 4.90 Å². The molecule has 0 radical (unpaired) electrons. The molecule has 0 aliphatic carbocycles. The van der Waals surface area contributed by atoms with Crippen LogP contribution in [0.5, 0.6) is 5.75 Å². The molecule has 0 aliphatic rings. The quantitative estimate of drug-likeness (QED) is 0.567. The minimum atomic E-state index is 0.531. The molecule has 0 bridgehead atoms. The molecular weight excluding hydrogens is 310 g/mol. The van der Waals surface area contributed by atoms with Gasteiger partial charge in [0, 0.05) is 26.7 Å². The molecule has 0 fully saturated rings. The third-order valence-corrected chi connectivity index (χ3v) is 3.78. The van der Waals surface area contributed by atoms with Crippen LogP contribution in [0.25, 0.3) is 6.08 Å². The van der Waals surface area contributed by atoms with E-state index in [1.165, 1.54) is 11.1 Å². The highest BCUT2D eigenvalue weighted by Gasteiger charge is 2.05. The van der Waals surface area contributed by atoms with Gasteiger partial charge in [0.1, 0.15) is 12.4 Å². The fraction of sp³-hybridized carbons (Fsp3) is 0.273. The normalized spacial score (nSPS) is 11.1. The van der Waals surface area contributed by atoms with E-state index in [2.05, 4.69) is 60.0 Å². The molecule has 0 saturated carbocycles. The van der Waals surface area contributed by atoms with Crippen LogP contribution in [0.4, 0.5) is 0 Å². The third-order valence-electron chi connectivity index (χ3n) is 3.78. The van der Waals surface area contributed by atoms with Crippen molar-refractivity contribution in [2.45, 2.75) is 6.54 Å². The highest BCUT2D eigenvalue weighted by atomic mass is 16.5. The predicted octanol–water partition coefficient (Wildman–Crippen LogP) is 4.41. The van der Waals surface area contributed by atoms with E-state index >= 15 is 0 Å². The summed E-state index contributed by atoms with van der Waals surface area (Å²) in [5.74, 6) is 0.871. The fourth-order valence-corrected chi connectivity index (χ4v) is 2.46. The number of rotatable bonds is 11. The minimum absolute atomic E-state index is 0.531. The van der Waals surface area contributed by atoms with Crippen LogP contribution in [-0.4, -0.2) is 38.3 Å². The molecule has 0 atom stereocenters. The van der Waals surface area contributed by atoms with Gasteiger partial charge in [-0.05, 0) is 23.3 Å². The minimum Gasteiger partial charge on any atom is -0.490 e. The van der Waals surface area contributed by atoms with Crippen molar-refractivity contribution in [3.8, 4) is 5.75 Å². The van der Waals surface area contributed by atoms with Gasteiger partial charge in [-0.15, -0.1) is 0 Å². The Kier molecular flexibility index (Phi) is 8.53. The van der Waals surface area contributed by atoms with E-state index in [-0.39, 0.29) is 0 Å². The molecule has 2 rings (SSSR count). The maximum absolute atomic E-state index is 5.53. The zero-order chi connectivity index (χ0) is 17.7. The van der Waals surface area contributed by atoms with Crippen molar-refractivity contribution in [2.24, 2.45) is 0 Å². The number of benzene rings is 2. The van der Waals surface area contributed by atoms with E-state index in [0.29, 0.717) is 6.61 Å². The highest BCUT2D eigenvalue weighted by molar-refractivity contribution is 5.48. The maximum atomic E-state index is 5.53. The fourth-order valence-electron chi connectivity index (χ4n) is 2.46. The molecule has 0 unspecified atom stereocenters. The zero-order valence-electron chi connectivity index (χ0n) is 14.9. The number of methoxy groups -OCH3 is 1. The van der Waals surface area contributed by atoms with E-state index in [1.54, 1.807) is 13.2 Å². The molecule has 25 heavy (non-hydrogen) atoms. The van der Waals surface area contributed by atoms with Gasteiger partial charge in [0.15, 0.2) is 0 Å². The van der Waals surface area contributed by atoms with Gasteiger partial charge in [0.25, 0.3) is 0 Å². The van der Waals surface area contributed by atoms with Crippen LogP contribution in [0.1, 0.15) is 11.1 Å². The number of nitrogens with zero attached hydrogens (tertiary/aromatic N) is 1. The van der Waals surface area contributed by atoms with Crippen LogP contribution in [0, 0.1) is 0 Å². The van der Waals surface area contributed by atoms with Crippen LogP contribution < -0.4 is 4.74 Å². The van der Waals surface area contributed by atoms with Crippen LogP contribution in [0.2, 0.25) is 0 Å². The van der Waals surface area contributed by atoms with E-state index < -0.39 is 0 Å². The molecule has 0 aliphatic heterocycles. The summed E-state index contributed by atoms with van der Waals surface area (Å²) >= 11 is 0. The Morgan fingerprint density at radius 3 is 2.48 bits per heavy atom. The molecule has 2 aromatic carbocycles. The Morgan fingerprint density at radius 2 is 1.80 bits per heavy atom. The van der Waals surface area contributed by atoms with Crippen molar-refractivity contribution >= 4 is 6.08 Å². The molecule has 2 aromatic rings. The van der Waals surface area contributed by atoms with Gasteiger partial charge in [0.2, 0.25) is 0 Å². The van der Waals surface area contributed by atoms with E-state index in [1.807, 2.05) is 18.2 Å². The lowest BCUT2D eigenvalue weighted by atomic mass is 10.2.